The lowest BCUT2D eigenvalue weighted by Crippen LogP contribution is -2.17. The van der Waals surface area contributed by atoms with Crippen LogP contribution in [0.5, 0.6) is 11.5 Å². The molecule has 0 heterocycles. The van der Waals surface area contributed by atoms with Gasteiger partial charge in [-0.2, -0.15) is 0 Å². The topological polar surface area (TPSA) is 21.3 Å². The third kappa shape index (κ3) is 3.96. The summed E-state index contributed by atoms with van der Waals surface area (Å²) in [6.45, 7) is 5.04. The van der Waals surface area contributed by atoms with Crippen molar-refractivity contribution in [2.24, 2.45) is 0 Å². The monoisotopic (exact) mass is 371 g/mol. The maximum atomic E-state index is 13.8. The minimum atomic E-state index is -0.559. The molecule has 0 aromatic heterocycles. The molecule has 2 nitrogen and oxygen atoms in total. The molecule has 0 saturated carbocycles. The molecule has 112 valence electrons. The Morgan fingerprint density at radius 3 is 2.71 bits per heavy atom. The average Bonchev–Trinajstić information content (AvgIpc) is 2.46. The van der Waals surface area contributed by atoms with E-state index in [-0.39, 0.29) is 16.8 Å². The highest BCUT2D eigenvalue weighted by Gasteiger charge is 2.12. The molecule has 0 fully saturated rings. The Balaban J connectivity index is 2.23. The maximum Gasteiger partial charge on any atom is 0.184 e. The molecule has 2 aromatic carbocycles. The molecular formula is C16H16BrClFNO. The molecule has 1 atom stereocenters. The summed E-state index contributed by atoms with van der Waals surface area (Å²) < 4.78 is 20.2. The van der Waals surface area contributed by atoms with Crippen LogP contribution in [0.4, 0.5) is 4.39 Å². The minimum Gasteiger partial charge on any atom is -0.453 e. The molecule has 0 spiro atoms. The van der Waals surface area contributed by atoms with Gasteiger partial charge in [0.15, 0.2) is 11.6 Å². The van der Waals surface area contributed by atoms with E-state index in [1.165, 1.54) is 6.07 Å². The Morgan fingerprint density at radius 2 is 2.05 bits per heavy atom. The van der Waals surface area contributed by atoms with Gasteiger partial charge < -0.3 is 10.1 Å². The number of rotatable bonds is 5. The van der Waals surface area contributed by atoms with E-state index >= 15 is 0 Å². The standard InChI is InChI=1S/C16H16BrClFNO/c1-3-20-10(2)11-7-8-14(12(17)9-11)21-15-6-4-5-13(18)16(15)19/h4-10,20H,3H2,1-2H3. The molecule has 1 unspecified atom stereocenters. The summed E-state index contributed by atoms with van der Waals surface area (Å²) in [5.74, 6) is 0.0930. The Bertz CT molecular complexity index is 636. The van der Waals surface area contributed by atoms with Gasteiger partial charge in [-0.15, -0.1) is 0 Å². The summed E-state index contributed by atoms with van der Waals surface area (Å²) >= 11 is 9.21. The lowest BCUT2D eigenvalue weighted by Gasteiger charge is -2.15. The van der Waals surface area contributed by atoms with Gasteiger partial charge in [0.25, 0.3) is 0 Å². The second kappa shape index (κ2) is 7.25. The van der Waals surface area contributed by atoms with Crippen molar-refractivity contribution in [2.45, 2.75) is 19.9 Å². The van der Waals surface area contributed by atoms with Crippen molar-refractivity contribution in [3.05, 3.63) is 57.3 Å². The van der Waals surface area contributed by atoms with Crippen LogP contribution in [0.3, 0.4) is 0 Å². The molecule has 0 aliphatic carbocycles. The van der Waals surface area contributed by atoms with Gasteiger partial charge in [0.05, 0.1) is 9.50 Å². The van der Waals surface area contributed by atoms with Gasteiger partial charge in [0.1, 0.15) is 5.75 Å². The van der Waals surface area contributed by atoms with E-state index in [0.29, 0.717) is 5.75 Å². The highest BCUT2D eigenvalue weighted by molar-refractivity contribution is 9.10. The molecule has 21 heavy (non-hydrogen) atoms. The first-order valence-electron chi connectivity index (χ1n) is 6.67. The third-order valence-electron chi connectivity index (χ3n) is 3.10. The fraction of sp³-hybridized carbons (Fsp3) is 0.250. The Hall–Kier alpha value is -1.10. The number of halogens is 3. The minimum absolute atomic E-state index is 0.0426. The molecule has 0 radical (unpaired) electrons. The van der Waals surface area contributed by atoms with E-state index < -0.39 is 5.82 Å². The molecule has 5 heteroatoms. The van der Waals surface area contributed by atoms with E-state index in [9.17, 15) is 4.39 Å². The predicted molar refractivity (Wildman–Crippen MR) is 87.7 cm³/mol. The molecular weight excluding hydrogens is 357 g/mol. The summed E-state index contributed by atoms with van der Waals surface area (Å²) in [5, 5.41) is 3.38. The van der Waals surface area contributed by atoms with Crippen LogP contribution in [0.25, 0.3) is 0 Å². The quantitative estimate of drug-likeness (QED) is 0.726. The van der Waals surface area contributed by atoms with Crippen LogP contribution in [0.15, 0.2) is 40.9 Å². The van der Waals surface area contributed by atoms with Gasteiger partial charge in [-0.3, -0.25) is 0 Å². The molecule has 0 bridgehead atoms. The van der Waals surface area contributed by atoms with E-state index in [0.717, 1.165) is 16.6 Å². The average molecular weight is 373 g/mol. The zero-order valence-electron chi connectivity index (χ0n) is 11.8. The number of hydrogen-bond acceptors (Lipinski definition) is 2. The number of benzene rings is 2. The van der Waals surface area contributed by atoms with Gasteiger partial charge >= 0.3 is 0 Å². The third-order valence-corrected chi connectivity index (χ3v) is 4.01. The van der Waals surface area contributed by atoms with E-state index in [1.807, 2.05) is 18.2 Å². The molecule has 2 aromatic rings. The normalized spacial score (nSPS) is 12.2. The number of ether oxygens (including phenoxy) is 1. The summed E-state index contributed by atoms with van der Waals surface area (Å²) in [6.07, 6.45) is 0. The fourth-order valence-corrected chi connectivity index (χ4v) is 2.62. The van der Waals surface area contributed by atoms with Crippen molar-refractivity contribution in [1.29, 1.82) is 0 Å². The lowest BCUT2D eigenvalue weighted by molar-refractivity contribution is 0.439. The van der Waals surface area contributed by atoms with Crippen LogP contribution >= 0.6 is 27.5 Å². The predicted octanol–water partition coefficient (Wildman–Crippen LogP) is 5.70. The Kier molecular flexibility index (Phi) is 5.62. The summed E-state index contributed by atoms with van der Waals surface area (Å²) in [4.78, 5) is 0. The van der Waals surface area contributed by atoms with Crippen LogP contribution in [0, 0.1) is 5.82 Å². The van der Waals surface area contributed by atoms with Crippen molar-refractivity contribution in [3.63, 3.8) is 0 Å². The van der Waals surface area contributed by atoms with Gasteiger partial charge in [0.2, 0.25) is 0 Å². The van der Waals surface area contributed by atoms with Crippen LogP contribution in [-0.4, -0.2) is 6.54 Å². The van der Waals surface area contributed by atoms with Crippen LogP contribution < -0.4 is 10.1 Å². The smallest absolute Gasteiger partial charge is 0.184 e. The van der Waals surface area contributed by atoms with Gasteiger partial charge in [-0.25, -0.2) is 4.39 Å². The maximum absolute atomic E-state index is 13.8. The van der Waals surface area contributed by atoms with Crippen LogP contribution in [-0.2, 0) is 0 Å². The van der Waals surface area contributed by atoms with E-state index in [4.69, 9.17) is 16.3 Å². The van der Waals surface area contributed by atoms with Crippen molar-refractivity contribution in [3.8, 4) is 11.5 Å². The van der Waals surface area contributed by atoms with Crippen molar-refractivity contribution in [2.75, 3.05) is 6.54 Å². The second-order valence-corrected chi connectivity index (χ2v) is 5.88. The summed E-state index contributed by atoms with van der Waals surface area (Å²) in [5.41, 5.74) is 1.13. The van der Waals surface area contributed by atoms with E-state index in [2.05, 4.69) is 35.1 Å². The van der Waals surface area contributed by atoms with Crippen molar-refractivity contribution >= 4 is 27.5 Å². The van der Waals surface area contributed by atoms with Gasteiger partial charge in [-0.1, -0.05) is 30.7 Å². The van der Waals surface area contributed by atoms with Gasteiger partial charge in [0, 0.05) is 6.04 Å². The summed E-state index contributed by atoms with van der Waals surface area (Å²) in [6, 6.07) is 10.6. The number of hydrogen-bond donors (Lipinski definition) is 1. The first kappa shape index (κ1) is 16.3. The number of nitrogens with one attached hydrogen (secondary N) is 1. The first-order chi connectivity index (χ1) is 10.0. The zero-order valence-corrected chi connectivity index (χ0v) is 14.1. The van der Waals surface area contributed by atoms with Gasteiger partial charge in [-0.05, 0) is 59.2 Å². The van der Waals surface area contributed by atoms with Crippen molar-refractivity contribution in [1.82, 2.24) is 5.32 Å². The first-order valence-corrected chi connectivity index (χ1v) is 7.84. The Morgan fingerprint density at radius 1 is 1.29 bits per heavy atom. The van der Waals surface area contributed by atoms with Crippen LogP contribution in [0.1, 0.15) is 25.5 Å². The SMILES string of the molecule is CCNC(C)c1ccc(Oc2cccc(Cl)c2F)c(Br)c1. The van der Waals surface area contributed by atoms with Crippen molar-refractivity contribution < 1.29 is 9.13 Å². The largest absolute Gasteiger partial charge is 0.453 e. The molecule has 2 rings (SSSR count). The molecule has 0 aliphatic rings. The highest BCUT2D eigenvalue weighted by Crippen LogP contribution is 2.34. The van der Waals surface area contributed by atoms with Crippen LogP contribution in [0.2, 0.25) is 5.02 Å². The molecule has 0 amide bonds. The zero-order chi connectivity index (χ0) is 15.4. The molecule has 1 N–H and O–H groups in total. The molecule has 0 saturated heterocycles. The second-order valence-electron chi connectivity index (χ2n) is 4.62. The van der Waals surface area contributed by atoms with E-state index in [1.54, 1.807) is 12.1 Å². The fourth-order valence-electron chi connectivity index (χ4n) is 1.97. The molecule has 0 aliphatic heterocycles. The lowest BCUT2D eigenvalue weighted by atomic mass is 10.1. The Labute approximate surface area is 137 Å². The summed E-state index contributed by atoms with van der Waals surface area (Å²) in [7, 11) is 0. The highest BCUT2D eigenvalue weighted by atomic mass is 79.9.